The van der Waals surface area contributed by atoms with E-state index in [0.717, 1.165) is 122 Å². The molecule has 410 valence electrons. The summed E-state index contributed by atoms with van der Waals surface area (Å²) < 4.78 is 30.2. The van der Waals surface area contributed by atoms with Crippen LogP contribution in [0.2, 0.25) is 0 Å². The summed E-state index contributed by atoms with van der Waals surface area (Å²) in [6.45, 7) is 6.66. The zero-order chi connectivity index (χ0) is 52.2. The van der Waals surface area contributed by atoms with Crippen molar-refractivity contribution in [2.24, 2.45) is 0 Å². The van der Waals surface area contributed by atoms with E-state index in [1.54, 1.807) is 0 Å². The molecule has 0 rings (SSSR count). The predicted molar refractivity (Wildman–Crippen MR) is 302 cm³/mol. The molecule has 0 heterocycles. The Morgan fingerprint density at radius 2 is 0.901 bits per heavy atom. The van der Waals surface area contributed by atoms with Crippen molar-refractivity contribution in [3.05, 3.63) is 85.1 Å². The number of amides is 1. The first-order valence-electron chi connectivity index (χ1n) is 28.9. The zero-order valence-electron chi connectivity index (χ0n) is 46.7. The SMILES string of the molecule is CC/C=C/C/C=C/C/C=C/CCCCCCC(=O)OC(/C=C\CCCCCCCCCCCC)C(COP(=O)([O-])OCC[N+](C)(C)C)NC(=O)CCCCCCCC/C=C\C/C=C\C/C=C\CCCCC. The van der Waals surface area contributed by atoms with Gasteiger partial charge < -0.3 is 28.5 Å². The normalized spacial score (nSPS) is 14.4. The molecule has 0 radical (unpaired) electrons. The predicted octanol–water partition coefficient (Wildman–Crippen LogP) is 16.8. The van der Waals surface area contributed by atoms with Crippen molar-refractivity contribution in [2.45, 2.75) is 251 Å². The van der Waals surface area contributed by atoms with E-state index in [4.69, 9.17) is 13.8 Å². The average molecular weight is 1010 g/mol. The monoisotopic (exact) mass is 1010 g/mol. The van der Waals surface area contributed by atoms with Crippen molar-refractivity contribution in [2.75, 3.05) is 40.9 Å². The Morgan fingerprint density at radius 3 is 1.38 bits per heavy atom. The van der Waals surface area contributed by atoms with Crippen molar-refractivity contribution < 1.29 is 37.3 Å². The standard InChI is InChI=1S/C61H109N2O7P/c1-7-10-13-16-19-22-25-28-30-31-32-33-34-35-38-41-44-47-50-53-60(64)62-58(57-69-71(66,67)68-56-55-63(4,5)6)59(52-49-46-43-40-37-27-24-21-18-15-12-9-3)70-61(65)54-51-48-45-42-39-36-29-26-23-20-17-14-11-8-2/h11,14,19-20,22-23,28-30,32-33,36,49,52,58-59H,7-10,12-13,15-18,21,24-27,31,34-35,37-48,50-51,53-57H2,1-6H3,(H-,62,64,66,67)/b14-11+,22-19-,23-20+,30-28-,33-32-,36-29+,52-49-. The zero-order valence-corrected chi connectivity index (χ0v) is 47.5. The van der Waals surface area contributed by atoms with Crippen LogP contribution in [0.3, 0.4) is 0 Å². The number of phosphoric ester groups is 1. The van der Waals surface area contributed by atoms with Crippen LogP contribution in [0.1, 0.15) is 239 Å². The van der Waals surface area contributed by atoms with Gasteiger partial charge in [-0.05, 0) is 102 Å². The molecule has 0 aliphatic heterocycles. The highest BCUT2D eigenvalue weighted by molar-refractivity contribution is 7.45. The molecule has 9 nitrogen and oxygen atoms in total. The maximum atomic E-state index is 13.5. The van der Waals surface area contributed by atoms with Gasteiger partial charge in [-0.25, -0.2) is 0 Å². The van der Waals surface area contributed by atoms with Crippen LogP contribution in [-0.4, -0.2) is 69.4 Å². The van der Waals surface area contributed by atoms with E-state index in [1.807, 2.05) is 33.3 Å². The Morgan fingerprint density at radius 1 is 0.507 bits per heavy atom. The summed E-state index contributed by atoms with van der Waals surface area (Å²) in [7, 11) is 1.15. The van der Waals surface area contributed by atoms with Crippen LogP contribution >= 0.6 is 7.82 Å². The summed E-state index contributed by atoms with van der Waals surface area (Å²) >= 11 is 0. The third-order valence-electron chi connectivity index (χ3n) is 12.3. The highest BCUT2D eigenvalue weighted by Crippen LogP contribution is 2.38. The van der Waals surface area contributed by atoms with Gasteiger partial charge in [0.15, 0.2) is 0 Å². The number of ether oxygens (including phenoxy) is 1. The molecule has 1 N–H and O–H groups in total. The van der Waals surface area contributed by atoms with Gasteiger partial charge in [0.1, 0.15) is 19.3 Å². The van der Waals surface area contributed by atoms with E-state index in [-0.39, 0.29) is 24.9 Å². The molecule has 0 saturated heterocycles. The van der Waals surface area contributed by atoms with E-state index in [9.17, 15) is 19.0 Å². The van der Waals surface area contributed by atoms with Crippen molar-refractivity contribution in [1.29, 1.82) is 0 Å². The summed E-state index contributed by atoms with van der Waals surface area (Å²) in [5.74, 6) is -0.586. The van der Waals surface area contributed by atoms with Crippen molar-refractivity contribution >= 4 is 19.7 Å². The second kappa shape index (κ2) is 50.7. The lowest BCUT2D eigenvalue weighted by molar-refractivity contribution is -0.870. The molecular formula is C61H109N2O7P. The van der Waals surface area contributed by atoms with E-state index in [2.05, 4.69) is 99.0 Å². The minimum Gasteiger partial charge on any atom is -0.756 e. The minimum atomic E-state index is -4.71. The fraction of sp³-hybridized carbons (Fsp3) is 0.738. The second-order valence-corrected chi connectivity index (χ2v) is 21.8. The lowest BCUT2D eigenvalue weighted by Gasteiger charge is -2.30. The Labute approximate surface area is 437 Å². The summed E-state index contributed by atoms with van der Waals surface area (Å²) in [5, 5.41) is 3.01. The Kier molecular flexibility index (Phi) is 48.7. The minimum absolute atomic E-state index is 0.0326. The maximum absolute atomic E-state index is 13.5. The van der Waals surface area contributed by atoms with Gasteiger partial charge in [-0.3, -0.25) is 14.2 Å². The second-order valence-electron chi connectivity index (χ2n) is 20.4. The van der Waals surface area contributed by atoms with Gasteiger partial charge in [-0.15, -0.1) is 0 Å². The average Bonchev–Trinajstić information content (AvgIpc) is 3.33. The number of carbonyl (C=O) groups excluding carboxylic acids is 2. The smallest absolute Gasteiger partial charge is 0.306 e. The van der Waals surface area contributed by atoms with Crippen LogP contribution in [-0.2, 0) is 27.9 Å². The number of unbranched alkanes of at least 4 members (excludes halogenated alkanes) is 23. The molecule has 0 saturated carbocycles. The van der Waals surface area contributed by atoms with Crippen LogP contribution in [0.25, 0.3) is 0 Å². The van der Waals surface area contributed by atoms with Gasteiger partial charge in [0.25, 0.3) is 7.82 Å². The molecule has 0 aromatic rings. The van der Waals surface area contributed by atoms with Gasteiger partial charge in [-0.1, -0.05) is 209 Å². The van der Waals surface area contributed by atoms with Crippen LogP contribution < -0.4 is 10.2 Å². The largest absolute Gasteiger partial charge is 0.756 e. The molecule has 0 aromatic heterocycles. The topological polar surface area (TPSA) is 114 Å². The number of hydrogen-bond acceptors (Lipinski definition) is 7. The Balaban J connectivity index is 5.38. The molecule has 3 atom stereocenters. The van der Waals surface area contributed by atoms with Gasteiger partial charge in [-0.2, -0.15) is 0 Å². The Hall–Kier alpha value is -2.81. The summed E-state index contributed by atoms with van der Waals surface area (Å²) in [6.07, 6.45) is 65.4. The van der Waals surface area contributed by atoms with Gasteiger partial charge in [0, 0.05) is 12.8 Å². The van der Waals surface area contributed by atoms with Crippen molar-refractivity contribution in [3.63, 3.8) is 0 Å². The van der Waals surface area contributed by atoms with Crippen LogP contribution in [0.4, 0.5) is 0 Å². The first kappa shape index (κ1) is 68.2. The van der Waals surface area contributed by atoms with E-state index in [0.29, 0.717) is 23.9 Å². The fourth-order valence-corrected chi connectivity index (χ4v) is 8.56. The number of rotatable bonds is 51. The number of hydrogen-bond donors (Lipinski definition) is 1. The third kappa shape index (κ3) is 51.9. The molecule has 0 bridgehead atoms. The number of esters is 1. The summed E-state index contributed by atoms with van der Waals surface area (Å²) in [4.78, 5) is 39.8. The quantitative estimate of drug-likeness (QED) is 0.0212. The first-order chi connectivity index (χ1) is 34.4. The highest BCUT2D eigenvalue weighted by Gasteiger charge is 2.27. The summed E-state index contributed by atoms with van der Waals surface area (Å²) in [6, 6.07) is -0.908. The maximum Gasteiger partial charge on any atom is 0.306 e. The van der Waals surface area contributed by atoms with Gasteiger partial charge in [0.2, 0.25) is 5.91 Å². The number of phosphoric acid groups is 1. The molecule has 0 aliphatic carbocycles. The molecular weight excluding hydrogens is 904 g/mol. The molecule has 1 amide bonds. The number of carbonyl (C=O) groups is 2. The number of nitrogens with zero attached hydrogens (tertiary/aromatic N) is 1. The third-order valence-corrected chi connectivity index (χ3v) is 13.3. The van der Waals surface area contributed by atoms with Gasteiger partial charge in [0.05, 0.1) is 33.8 Å². The first-order valence-corrected chi connectivity index (χ1v) is 30.4. The van der Waals surface area contributed by atoms with Crippen LogP contribution in [0, 0.1) is 0 Å². The molecule has 0 spiro atoms. The van der Waals surface area contributed by atoms with Crippen LogP contribution in [0.5, 0.6) is 0 Å². The van der Waals surface area contributed by atoms with Crippen molar-refractivity contribution in [3.8, 4) is 0 Å². The molecule has 0 fully saturated rings. The molecule has 71 heavy (non-hydrogen) atoms. The molecule has 0 aliphatic rings. The van der Waals surface area contributed by atoms with Gasteiger partial charge >= 0.3 is 5.97 Å². The van der Waals surface area contributed by atoms with Crippen molar-refractivity contribution in [1.82, 2.24) is 5.32 Å². The molecule has 10 heteroatoms. The highest BCUT2D eigenvalue weighted by atomic mass is 31.2. The molecule has 3 unspecified atom stereocenters. The molecule has 0 aromatic carbocycles. The Bertz CT molecular complexity index is 1490. The summed E-state index contributed by atoms with van der Waals surface area (Å²) in [5.41, 5.74) is 0. The number of quaternary nitrogens is 1. The number of likely N-dealkylation sites (N-methyl/N-ethyl adjacent to an activating group) is 1. The number of nitrogens with one attached hydrogen (secondary N) is 1. The van der Waals surface area contributed by atoms with E-state index >= 15 is 0 Å². The fourth-order valence-electron chi connectivity index (χ4n) is 7.84. The van der Waals surface area contributed by atoms with Crippen LogP contribution in [0.15, 0.2) is 85.1 Å². The van der Waals surface area contributed by atoms with E-state index < -0.39 is 26.6 Å². The van der Waals surface area contributed by atoms with E-state index in [1.165, 1.54) is 77.0 Å². The number of allylic oxidation sites excluding steroid dienone is 13. The lowest BCUT2D eigenvalue weighted by Crippen LogP contribution is -2.47. The lowest BCUT2D eigenvalue weighted by atomic mass is 10.0.